The van der Waals surface area contributed by atoms with Gasteiger partial charge in [-0.25, -0.2) is 9.37 Å². The molecule has 126 valence electrons. The maximum absolute atomic E-state index is 13.1. The van der Waals surface area contributed by atoms with Crippen molar-refractivity contribution in [2.45, 2.75) is 6.42 Å². The van der Waals surface area contributed by atoms with Gasteiger partial charge in [-0.15, -0.1) is 0 Å². The van der Waals surface area contributed by atoms with E-state index in [2.05, 4.69) is 10.3 Å². The van der Waals surface area contributed by atoms with Crippen molar-refractivity contribution in [3.05, 3.63) is 66.0 Å². The summed E-state index contributed by atoms with van der Waals surface area (Å²) in [5.74, 6) is -1.70. The largest absolute Gasteiger partial charge is 0.481 e. The second-order valence-electron chi connectivity index (χ2n) is 5.48. The molecule has 0 bridgehead atoms. The monoisotopic (exact) mass is 338 g/mol. The minimum Gasteiger partial charge on any atom is -0.481 e. The minimum atomic E-state index is -0.980. The van der Waals surface area contributed by atoms with Gasteiger partial charge in [-0.3, -0.25) is 9.59 Å². The number of rotatable bonds is 5. The van der Waals surface area contributed by atoms with Crippen molar-refractivity contribution in [2.24, 2.45) is 0 Å². The van der Waals surface area contributed by atoms with Crippen LogP contribution in [0.15, 0.2) is 54.6 Å². The van der Waals surface area contributed by atoms with Crippen LogP contribution in [0.4, 0.5) is 4.39 Å². The predicted molar refractivity (Wildman–Crippen MR) is 91.7 cm³/mol. The Kier molecular flexibility index (Phi) is 4.70. The first-order valence-electron chi connectivity index (χ1n) is 7.70. The van der Waals surface area contributed by atoms with Crippen molar-refractivity contribution in [3.8, 4) is 11.3 Å². The Morgan fingerprint density at radius 3 is 2.52 bits per heavy atom. The molecule has 1 heterocycles. The lowest BCUT2D eigenvalue weighted by Gasteiger charge is -2.10. The molecule has 0 spiro atoms. The average Bonchev–Trinajstić information content (AvgIpc) is 2.61. The number of halogens is 1. The molecule has 0 saturated carbocycles. The number of amides is 1. The molecular weight excluding hydrogens is 323 g/mol. The summed E-state index contributed by atoms with van der Waals surface area (Å²) < 4.78 is 13.1. The summed E-state index contributed by atoms with van der Waals surface area (Å²) in [6, 6.07) is 14.7. The van der Waals surface area contributed by atoms with Gasteiger partial charge in [-0.05, 0) is 36.4 Å². The quantitative estimate of drug-likeness (QED) is 0.748. The van der Waals surface area contributed by atoms with Crippen LogP contribution in [0.25, 0.3) is 22.2 Å². The van der Waals surface area contributed by atoms with Crippen LogP contribution < -0.4 is 5.32 Å². The van der Waals surface area contributed by atoms with E-state index in [1.807, 2.05) is 6.07 Å². The normalized spacial score (nSPS) is 10.6. The van der Waals surface area contributed by atoms with Gasteiger partial charge in [-0.1, -0.05) is 18.2 Å². The first kappa shape index (κ1) is 16.6. The van der Waals surface area contributed by atoms with Crippen LogP contribution in [0.1, 0.15) is 16.8 Å². The van der Waals surface area contributed by atoms with Gasteiger partial charge in [0.1, 0.15) is 5.82 Å². The van der Waals surface area contributed by atoms with Crippen LogP contribution in [0.3, 0.4) is 0 Å². The smallest absolute Gasteiger partial charge is 0.305 e. The Hall–Kier alpha value is -3.28. The number of carboxylic acid groups (broad SMARTS) is 1. The Bertz CT molecular complexity index is 939. The fourth-order valence-corrected chi connectivity index (χ4v) is 2.51. The highest BCUT2D eigenvalue weighted by molar-refractivity contribution is 6.07. The van der Waals surface area contributed by atoms with Gasteiger partial charge in [0.2, 0.25) is 0 Å². The molecular formula is C19H15FN2O3. The van der Waals surface area contributed by atoms with Crippen molar-refractivity contribution < 1.29 is 19.1 Å². The molecule has 3 aromatic rings. The third-order valence-corrected chi connectivity index (χ3v) is 3.73. The lowest BCUT2D eigenvalue weighted by atomic mass is 10.0. The number of carbonyl (C=O) groups is 2. The number of carboxylic acids is 1. The number of aliphatic carboxylic acids is 1. The van der Waals surface area contributed by atoms with E-state index in [1.54, 1.807) is 36.4 Å². The molecule has 0 fully saturated rings. The first-order chi connectivity index (χ1) is 12.0. The number of para-hydroxylation sites is 1. The summed E-state index contributed by atoms with van der Waals surface area (Å²) in [5, 5.41) is 12.0. The maximum atomic E-state index is 13.1. The molecule has 5 nitrogen and oxygen atoms in total. The van der Waals surface area contributed by atoms with Crippen molar-refractivity contribution in [3.63, 3.8) is 0 Å². The molecule has 0 unspecified atom stereocenters. The van der Waals surface area contributed by atoms with E-state index in [4.69, 9.17) is 5.11 Å². The number of pyridine rings is 1. The average molecular weight is 338 g/mol. The van der Waals surface area contributed by atoms with Gasteiger partial charge in [0, 0.05) is 17.5 Å². The number of carbonyl (C=O) groups excluding carboxylic acids is 1. The molecule has 0 aliphatic rings. The van der Waals surface area contributed by atoms with Crippen LogP contribution in [0.2, 0.25) is 0 Å². The lowest BCUT2D eigenvalue weighted by Crippen LogP contribution is -2.26. The number of benzene rings is 2. The van der Waals surface area contributed by atoms with Crippen LogP contribution >= 0.6 is 0 Å². The van der Waals surface area contributed by atoms with E-state index in [9.17, 15) is 14.0 Å². The van der Waals surface area contributed by atoms with E-state index in [0.29, 0.717) is 27.7 Å². The molecule has 3 rings (SSSR count). The van der Waals surface area contributed by atoms with Gasteiger partial charge in [0.25, 0.3) is 5.91 Å². The lowest BCUT2D eigenvalue weighted by molar-refractivity contribution is -0.136. The molecule has 2 aromatic carbocycles. The van der Waals surface area contributed by atoms with Crippen LogP contribution in [-0.4, -0.2) is 28.5 Å². The van der Waals surface area contributed by atoms with Gasteiger partial charge in [-0.2, -0.15) is 0 Å². The summed E-state index contributed by atoms with van der Waals surface area (Å²) in [6.07, 6.45) is -0.153. The Balaban J connectivity index is 2.02. The van der Waals surface area contributed by atoms with Crippen molar-refractivity contribution in [2.75, 3.05) is 6.54 Å². The fourth-order valence-electron chi connectivity index (χ4n) is 2.51. The fraction of sp³-hybridized carbons (Fsp3) is 0.105. The third-order valence-electron chi connectivity index (χ3n) is 3.73. The second-order valence-corrected chi connectivity index (χ2v) is 5.48. The molecule has 0 saturated heterocycles. The Labute approximate surface area is 143 Å². The highest BCUT2D eigenvalue weighted by atomic mass is 19.1. The van der Waals surface area contributed by atoms with Crippen LogP contribution in [0.5, 0.6) is 0 Å². The van der Waals surface area contributed by atoms with Gasteiger partial charge in [0.15, 0.2) is 0 Å². The van der Waals surface area contributed by atoms with E-state index in [-0.39, 0.29) is 24.7 Å². The van der Waals surface area contributed by atoms with Crippen molar-refractivity contribution in [1.29, 1.82) is 0 Å². The third kappa shape index (κ3) is 3.80. The van der Waals surface area contributed by atoms with Crippen LogP contribution in [0, 0.1) is 5.82 Å². The maximum Gasteiger partial charge on any atom is 0.305 e. The number of fused-ring (bicyclic) bond motifs is 1. The molecule has 0 radical (unpaired) electrons. The summed E-state index contributed by atoms with van der Waals surface area (Å²) in [4.78, 5) is 27.6. The van der Waals surface area contributed by atoms with E-state index < -0.39 is 5.97 Å². The molecule has 6 heteroatoms. The number of aromatic nitrogens is 1. The minimum absolute atomic E-state index is 0.0384. The number of nitrogens with zero attached hydrogens (tertiary/aromatic N) is 1. The Morgan fingerprint density at radius 2 is 1.80 bits per heavy atom. The van der Waals surface area contributed by atoms with Crippen LogP contribution in [-0.2, 0) is 4.79 Å². The first-order valence-corrected chi connectivity index (χ1v) is 7.70. The highest BCUT2D eigenvalue weighted by Gasteiger charge is 2.14. The molecule has 1 amide bonds. The predicted octanol–water partition coefficient (Wildman–Crippen LogP) is 3.25. The highest BCUT2D eigenvalue weighted by Crippen LogP contribution is 2.25. The topological polar surface area (TPSA) is 79.3 Å². The van der Waals surface area contributed by atoms with Crippen molar-refractivity contribution >= 4 is 22.8 Å². The number of nitrogens with one attached hydrogen (secondary N) is 1. The zero-order chi connectivity index (χ0) is 17.8. The zero-order valence-corrected chi connectivity index (χ0v) is 13.2. The van der Waals surface area contributed by atoms with Gasteiger partial charge < -0.3 is 10.4 Å². The van der Waals surface area contributed by atoms with E-state index in [0.717, 1.165) is 0 Å². The molecule has 25 heavy (non-hydrogen) atoms. The summed E-state index contributed by atoms with van der Waals surface area (Å²) in [5.41, 5.74) is 2.26. The molecule has 0 atom stereocenters. The van der Waals surface area contributed by atoms with Crippen molar-refractivity contribution in [1.82, 2.24) is 10.3 Å². The number of hydrogen-bond donors (Lipinski definition) is 2. The summed E-state index contributed by atoms with van der Waals surface area (Å²) in [6.45, 7) is 0.0384. The second kappa shape index (κ2) is 7.09. The summed E-state index contributed by atoms with van der Waals surface area (Å²) >= 11 is 0. The van der Waals surface area contributed by atoms with Gasteiger partial charge in [0.05, 0.1) is 23.2 Å². The SMILES string of the molecule is O=C(O)CCNC(=O)c1cc(-c2ccc(F)cc2)nc2ccccc12. The molecule has 1 aromatic heterocycles. The zero-order valence-electron chi connectivity index (χ0n) is 13.2. The molecule has 2 N–H and O–H groups in total. The van der Waals surface area contributed by atoms with Gasteiger partial charge >= 0.3 is 5.97 Å². The van der Waals surface area contributed by atoms with E-state index in [1.165, 1.54) is 12.1 Å². The summed E-state index contributed by atoms with van der Waals surface area (Å²) in [7, 11) is 0. The Morgan fingerprint density at radius 1 is 1.08 bits per heavy atom. The number of hydrogen-bond acceptors (Lipinski definition) is 3. The molecule has 0 aliphatic heterocycles. The van der Waals surface area contributed by atoms with E-state index >= 15 is 0 Å². The standard InChI is InChI=1S/C19H15FN2O3/c20-13-7-5-12(6-8-13)17-11-15(19(25)21-10-9-18(23)24)14-3-1-2-4-16(14)22-17/h1-8,11H,9-10H2,(H,21,25)(H,23,24). The molecule has 0 aliphatic carbocycles.